The van der Waals surface area contributed by atoms with Crippen LogP contribution in [0.4, 0.5) is 5.69 Å². The molecule has 0 bridgehead atoms. The first-order valence-electron chi connectivity index (χ1n) is 6.54. The van der Waals surface area contributed by atoms with E-state index < -0.39 is 0 Å². The number of rotatable bonds is 3. The molecule has 2 aromatic rings. The first-order chi connectivity index (χ1) is 9.83. The number of amides is 1. The van der Waals surface area contributed by atoms with Crippen LogP contribution in [0.5, 0.6) is 0 Å². The minimum absolute atomic E-state index is 0.0577. The first kappa shape index (κ1) is 12.4. The highest BCUT2D eigenvalue weighted by molar-refractivity contribution is 6.00. The van der Waals surface area contributed by atoms with Crippen LogP contribution in [0.2, 0.25) is 0 Å². The summed E-state index contributed by atoms with van der Waals surface area (Å²) < 4.78 is 0. The number of pyridine rings is 1. The normalized spacial score (nSPS) is 12.9. The molecule has 4 nitrogen and oxygen atoms in total. The molecule has 1 amide bonds. The average Bonchev–Trinajstić information content (AvgIpc) is 2.53. The molecule has 20 heavy (non-hydrogen) atoms. The number of para-hydroxylation sites is 1. The van der Waals surface area contributed by atoms with E-state index in [0.29, 0.717) is 13.1 Å². The number of hydrogen-bond donors (Lipinski definition) is 2. The second-order valence-electron chi connectivity index (χ2n) is 4.61. The monoisotopic (exact) mass is 265 g/mol. The van der Waals surface area contributed by atoms with Crippen LogP contribution in [0.3, 0.4) is 0 Å². The summed E-state index contributed by atoms with van der Waals surface area (Å²) >= 11 is 0. The van der Waals surface area contributed by atoms with Crippen molar-refractivity contribution in [1.29, 1.82) is 0 Å². The number of aromatic nitrogens is 1. The maximum Gasteiger partial charge on any atom is 0.249 e. The van der Waals surface area contributed by atoms with E-state index in [1.165, 1.54) is 0 Å². The van der Waals surface area contributed by atoms with Gasteiger partial charge in [0.25, 0.3) is 0 Å². The average molecular weight is 265 g/mol. The number of anilines is 1. The van der Waals surface area contributed by atoms with Gasteiger partial charge in [0, 0.05) is 24.0 Å². The molecule has 0 radical (unpaired) electrons. The van der Waals surface area contributed by atoms with Crippen LogP contribution in [0, 0.1) is 0 Å². The van der Waals surface area contributed by atoms with Crippen molar-refractivity contribution in [2.24, 2.45) is 0 Å². The highest BCUT2D eigenvalue weighted by Gasteiger charge is 2.14. The molecule has 0 spiro atoms. The molecule has 0 fully saturated rings. The summed E-state index contributed by atoms with van der Waals surface area (Å²) in [4.78, 5) is 16.3. The van der Waals surface area contributed by atoms with Crippen molar-refractivity contribution in [3.8, 4) is 0 Å². The molecule has 0 saturated carbocycles. The number of hydrogen-bond acceptors (Lipinski definition) is 3. The molecule has 1 aliphatic rings. The minimum Gasteiger partial charge on any atom is -0.380 e. The number of carbonyl (C=O) groups is 1. The molecule has 0 atom stereocenters. The number of fused-ring (bicyclic) bond motifs is 1. The van der Waals surface area contributed by atoms with Gasteiger partial charge >= 0.3 is 0 Å². The molecule has 0 aliphatic carbocycles. The Morgan fingerprint density at radius 1 is 1.20 bits per heavy atom. The van der Waals surface area contributed by atoms with Crippen molar-refractivity contribution in [3.63, 3.8) is 0 Å². The third kappa shape index (κ3) is 2.69. The Labute approximate surface area is 117 Å². The van der Waals surface area contributed by atoms with E-state index in [9.17, 15) is 4.79 Å². The van der Waals surface area contributed by atoms with E-state index in [0.717, 1.165) is 22.5 Å². The SMILES string of the molecule is O=C(NCc1ccccn1)C1=Cc2ccccc2NC1. The standard InChI is InChI=1S/C16H15N3O/c20-16(19-11-14-6-3-4-8-17-14)13-9-12-5-1-2-7-15(12)18-10-13/h1-9,18H,10-11H2,(H,19,20). The van der Waals surface area contributed by atoms with Gasteiger partial charge in [0.05, 0.1) is 12.2 Å². The highest BCUT2D eigenvalue weighted by atomic mass is 16.1. The van der Waals surface area contributed by atoms with Crippen LogP contribution in [0.1, 0.15) is 11.3 Å². The lowest BCUT2D eigenvalue weighted by Crippen LogP contribution is -2.29. The third-order valence-electron chi connectivity index (χ3n) is 3.21. The van der Waals surface area contributed by atoms with Crippen molar-refractivity contribution >= 4 is 17.7 Å². The van der Waals surface area contributed by atoms with Gasteiger partial charge in [-0.05, 0) is 29.8 Å². The molecule has 0 saturated heterocycles. The lowest BCUT2D eigenvalue weighted by atomic mass is 10.0. The first-order valence-corrected chi connectivity index (χ1v) is 6.54. The fourth-order valence-corrected chi connectivity index (χ4v) is 2.15. The lowest BCUT2D eigenvalue weighted by molar-refractivity contribution is -0.117. The Bertz CT molecular complexity index is 650. The van der Waals surface area contributed by atoms with Crippen molar-refractivity contribution < 1.29 is 4.79 Å². The summed E-state index contributed by atoms with van der Waals surface area (Å²) in [6, 6.07) is 13.6. The summed E-state index contributed by atoms with van der Waals surface area (Å²) in [5, 5.41) is 6.14. The van der Waals surface area contributed by atoms with Gasteiger partial charge in [-0.15, -0.1) is 0 Å². The molecule has 0 unspecified atom stereocenters. The lowest BCUT2D eigenvalue weighted by Gasteiger charge is -2.18. The second kappa shape index (κ2) is 5.57. The quantitative estimate of drug-likeness (QED) is 0.894. The van der Waals surface area contributed by atoms with Gasteiger partial charge in [-0.3, -0.25) is 9.78 Å². The van der Waals surface area contributed by atoms with Crippen LogP contribution in [0.15, 0.2) is 54.2 Å². The van der Waals surface area contributed by atoms with E-state index in [1.54, 1.807) is 6.20 Å². The minimum atomic E-state index is -0.0577. The summed E-state index contributed by atoms with van der Waals surface area (Å²) in [5.74, 6) is -0.0577. The maximum absolute atomic E-state index is 12.1. The molecule has 1 aliphatic heterocycles. The zero-order valence-electron chi connectivity index (χ0n) is 11.0. The molecular weight excluding hydrogens is 250 g/mol. The van der Waals surface area contributed by atoms with Crippen molar-refractivity contribution in [3.05, 3.63) is 65.5 Å². The van der Waals surface area contributed by atoms with Crippen LogP contribution in [-0.2, 0) is 11.3 Å². The van der Waals surface area contributed by atoms with Crippen LogP contribution in [-0.4, -0.2) is 17.4 Å². The number of nitrogens with zero attached hydrogens (tertiary/aromatic N) is 1. The van der Waals surface area contributed by atoms with Crippen LogP contribution < -0.4 is 10.6 Å². The number of nitrogens with one attached hydrogen (secondary N) is 2. The van der Waals surface area contributed by atoms with Gasteiger partial charge in [-0.2, -0.15) is 0 Å². The summed E-state index contributed by atoms with van der Waals surface area (Å²) in [6.07, 6.45) is 3.65. The Kier molecular flexibility index (Phi) is 3.46. The number of benzene rings is 1. The molecule has 1 aromatic heterocycles. The third-order valence-corrected chi connectivity index (χ3v) is 3.21. The van der Waals surface area contributed by atoms with Gasteiger partial charge in [-0.25, -0.2) is 0 Å². The van der Waals surface area contributed by atoms with Crippen molar-refractivity contribution in [2.45, 2.75) is 6.54 Å². The maximum atomic E-state index is 12.1. The number of carbonyl (C=O) groups excluding carboxylic acids is 1. The van der Waals surface area contributed by atoms with Crippen LogP contribution in [0.25, 0.3) is 6.08 Å². The molecule has 2 N–H and O–H groups in total. The largest absolute Gasteiger partial charge is 0.380 e. The Balaban J connectivity index is 1.68. The van der Waals surface area contributed by atoms with E-state index in [4.69, 9.17) is 0 Å². The van der Waals surface area contributed by atoms with Gasteiger partial charge in [0.15, 0.2) is 0 Å². The summed E-state index contributed by atoms with van der Waals surface area (Å²) in [7, 11) is 0. The second-order valence-corrected chi connectivity index (χ2v) is 4.61. The van der Waals surface area contributed by atoms with E-state index in [-0.39, 0.29) is 5.91 Å². The topological polar surface area (TPSA) is 54.0 Å². The fraction of sp³-hybridized carbons (Fsp3) is 0.125. The Hall–Kier alpha value is -2.62. The molecule has 100 valence electrons. The van der Waals surface area contributed by atoms with Gasteiger partial charge in [0.2, 0.25) is 5.91 Å². The van der Waals surface area contributed by atoms with Crippen LogP contribution >= 0.6 is 0 Å². The van der Waals surface area contributed by atoms with Crippen molar-refractivity contribution in [1.82, 2.24) is 10.3 Å². The Morgan fingerprint density at radius 3 is 2.90 bits per heavy atom. The predicted octanol–water partition coefficient (Wildman–Crippen LogP) is 2.21. The van der Waals surface area contributed by atoms with E-state index in [2.05, 4.69) is 15.6 Å². The van der Waals surface area contributed by atoms with E-state index in [1.807, 2.05) is 48.5 Å². The van der Waals surface area contributed by atoms with Gasteiger partial charge in [-0.1, -0.05) is 24.3 Å². The zero-order chi connectivity index (χ0) is 13.8. The van der Waals surface area contributed by atoms with Crippen molar-refractivity contribution in [2.75, 3.05) is 11.9 Å². The fourth-order valence-electron chi connectivity index (χ4n) is 2.15. The summed E-state index contributed by atoms with van der Waals surface area (Å²) in [5.41, 5.74) is 3.70. The molecule has 2 heterocycles. The highest BCUT2D eigenvalue weighted by Crippen LogP contribution is 2.22. The van der Waals surface area contributed by atoms with Gasteiger partial charge in [0.1, 0.15) is 0 Å². The molecular formula is C16H15N3O. The molecule has 3 rings (SSSR count). The molecule has 4 heteroatoms. The zero-order valence-corrected chi connectivity index (χ0v) is 11.0. The summed E-state index contributed by atoms with van der Waals surface area (Å²) in [6.45, 7) is 0.990. The van der Waals surface area contributed by atoms with E-state index >= 15 is 0 Å². The predicted molar refractivity (Wildman–Crippen MR) is 79.0 cm³/mol. The molecule has 1 aromatic carbocycles. The Morgan fingerprint density at radius 2 is 2.05 bits per heavy atom. The van der Waals surface area contributed by atoms with Gasteiger partial charge < -0.3 is 10.6 Å². The smallest absolute Gasteiger partial charge is 0.249 e.